The zero-order chi connectivity index (χ0) is 15.4. The van der Waals surface area contributed by atoms with E-state index in [1.165, 1.54) is 0 Å². The van der Waals surface area contributed by atoms with E-state index in [1.807, 2.05) is 18.2 Å². The molecule has 2 heterocycles. The number of methoxy groups -OCH3 is 1. The average molecular weight is 305 g/mol. The van der Waals surface area contributed by atoms with Gasteiger partial charge >= 0.3 is 0 Å². The highest BCUT2D eigenvalue weighted by molar-refractivity contribution is 5.68. The van der Waals surface area contributed by atoms with Crippen LogP contribution in [0.15, 0.2) is 22.7 Å². The SMILES string of the molecule is COc1cccc(-c2noc(CN)n2)c1OC1CCOCC1. The lowest BCUT2D eigenvalue weighted by atomic mass is 10.1. The highest BCUT2D eigenvalue weighted by atomic mass is 16.5. The predicted octanol–water partition coefficient (Wildman–Crippen LogP) is 1.76. The van der Waals surface area contributed by atoms with Crippen molar-refractivity contribution in [3.05, 3.63) is 24.1 Å². The summed E-state index contributed by atoms with van der Waals surface area (Å²) in [6.45, 7) is 1.61. The number of rotatable bonds is 5. The standard InChI is InChI=1S/C15H19N3O4/c1-19-12-4-2-3-11(15-17-13(9-16)22-18-15)14(12)21-10-5-7-20-8-6-10/h2-4,10H,5-9,16H2,1H3. The third-order valence-corrected chi connectivity index (χ3v) is 3.54. The first-order chi connectivity index (χ1) is 10.8. The molecule has 3 rings (SSSR count). The number of hydrogen-bond acceptors (Lipinski definition) is 7. The number of aromatic nitrogens is 2. The summed E-state index contributed by atoms with van der Waals surface area (Å²) in [5.74, 6) is 2.10. The summed E-state index contributed by atoms with van der Waals surface area (Å²) >= 11 is 0. The Morgan fingerprint density at radius 1 is 1.32 bits per heavy atom. The molecule has 1 saturated heterocycles. The Hall–Kier alpha value is -2.12. The predicted molar refractivity (Wildman–Crippen MR) is 78.6 cm³/mol. The zero-order valence-corrected chi connectivity index (χ0v) is 12.4. The summed E-state index contributed by atoms with van der Waals surface area (Å²) in [5.41, 5.74) is 6.25. The first-order valence-corrected chi connectivity index (χ1v) is 7.26. The van der Waals surface area contributed by atoms with Crippen LogP contribution in [0, 0.1) is 0 Å². The van der Waals surface area contributed by atoms with E-state index in [2.05, 4.69) is 10.1 Å². The fourth-order valence-electron chi connectivity index (χ4n) is 2.38. The van der Waals surface area contributed by atoms with Crippen molar-refractivity contribution in [2.75, 3.05) is 20.3 Å². The molecule has 118 valence electrons. The van der Waals surface area contributed by atoms with E-state index in [1.54, 1.807) is 7.11 Å². The van der Waals surface area contributed by atoms with Crippen molar-refractivity contribution in [3.63, 3.8) is 0 Å². The first kappa shape index (κ1) is 14.8. The Balaban J connectivity index is 1.94. The molecule has 0 bridgehead atoms. The van der Waals surface area contributed by atoms with Gasteiger partial charge in [0.1, 0.15) is 6.10 Å². The Labute approximate surface area is 128 Å². The van der Waals surface area contributed by atoms with Gasteiger partial charge in [-0.3, -0.25) is 0 Å². The smallest absolute Gasteiger partial charge is 0.240 e. The number of nitrogens with two attached hydrogens (primary N) is 1. The van der Waals surface area contributed by atoms with Gasteiger partial charge in [0.15, 0.2) is 11.5 Å². The molecule has 0 aliphatic carbocycles. The Kier molecular flexibility index (Phi) is 4.55. The maximum absolute atomic E-state index is 6.15. The van der Waals surface area contributed by atoms with Gasteiger partial charge in [0.25, 0.3) is 0 Å². The molecular weight excluding hydrogens is 286 g/mol. The quantitative estimate of drug-likeness (QED) is 0.899. The zero-order valence-electron chi connectivity index (χ0n) is 12.4. The minimum Gasteiger partial charge on any atom is -0.493 e. The molecule has 1 aliphatic rings. The highest BCUT2D eigenvalue weighted by Crippen LogP contribution is 2.38. The molecule has 1 aliphatic heterocycles. The molecule has 0 radical (unpaired) electrons. The van der Waals surface area contributed by atoms with Gasteiger partial charge in [0.05, 0.1) is 32.4 Å². The number of benzene rings is 1. The molecule has 0 unspecified atom stereocenters. The first-order valence-electron chi connectivity index (χ1n) is 7.26. The molecule has 0 spiro atoms. The van der Waals surface area contributed by atoms with Crippen LogP contribution < -0.4 is 15.2 Å². The minimum atomic E-state index is 0.0877. The van der Waals surface area contributed by atoms with Crippen LogP contribution in [0.5, 0.6) is 11.5 Å². The van der Waals surface area contributed by atoms with Crippen LogP contribution in [-0.4, -0.2) is 36.6 Å². The Morgan fingerprint density at radius 2 is 2.14 bits per heavy atom. The molecular formula is C15H19N3O4. The summed E-state index contributed by atoms with van der Waals surface area (Å²) in [6, 6.07) is 5.59. The van der Waals surface area contributed by atoms with Crippen LogP contribution in [0.25, 0.3) is 11.4 Å². The van der Waals surface area contributed by atoms with Crippen LogP contribution >= 0.6 is 0 Å². The Morgan fingerprint density at radius 3 is 2.82 bits per heavy atom. The van der Waals surface area contributed by atoms with Crippen LogP contribution in [0.3, 0.4) is 0 Å². The fraction of sp³-hybridized carbons (Fsp3) is 0.467. The number of hydrogen-bond donors (Lipinski definition) is 1. The van der Waals surface area contributed by atoms with E-state index in [0.29, 0.717) is 36.4 Å². The Bertz CT molecular complexity index is 623. The lowest BCUT2D eigenvalue weighted by Gasteiger charge is -2.25. The monoisotopic (exact) mass is 305 g/mol. The number of para-hydroxylation sites is 1. The lowest BCUT2D eigenvalue weighted by molar-refractivity contribution is 0.0248. The second-order valence-electron chi connectivity index (χ2n) is 4.98. The maximum atomic E-state index is 6.15. The summed E-state index contributed by atoms with van der Waals surface area (Å²) in [6.07, 6.45) is 1.78. The second-order valence-corrected chi connectivity index (χ2v) is 4.98. The third kappa shape index (κ3) is 3.05. The molecule has 1 aromatic heterocycles. The molecule has 1 fully saturated rings. The van der Waals surface area contributed by atoms with Crippen LogP contribution in [-0.2, 0) is 11.3 Å². The van der Waals surface area contributed by atoms with Gasteiger partial charge in [-0.1, -0.05) is 11.2 Å². The number of nitrogens with zero attached hydrogens (tertiary/aromatic N) is 2. The van der Waals surface area contributed by atoms with E-state index in [4.69, 9.17) is 24.5 Å². The van der Waals surface area contributed by atoms with Gasteiger partial charge < -0.3 is 24.5 Å². The van der Waals surface area contributed by atoms with Gasteiger partial charge in [-0.2, -0.15) is 4.98 Å². The third-order valence-electron chi connectivity index (χ3n) is 3.54. The summed E-state index contributed by atoms with van der Waals surface area (Å²) in [7, 11) is 1.61. The molecule has 1 aromatic carbocycles. The maximum Gasteiger partial charge on any atom is 0.240 e. The van der Waals surface area contributed by atoms with Crippen molar-refractivity contribution in [2.24, 2.45) is 5.73 Å². The van der Waals surface area contributed by atoms with E-state index in [0.717, 1.165) is 18.4 Å². The minimum absolute atomic E-state index is 0.0877. The van der Waals surface area contributed by atoms with Gasteiger partial charge in [-0.15, -0.1) is 0 Å². The molecule has 7 nitrogen and oxygen atoms in total. The van der Waals surface area contributed by atoms with E-state index < -0.39 is 0 Å². The van der Waals surface area contributed by atoms with E-state index in [-0.39, 0.29) is 12.6 Å². The van der Waals surface area contributed by atoms with Crippen molar-refractivity contribution >= 4 is 0 Å². The molecule has 7 heteroatoms. The molecule has 0 saturated carbocycles. The van der Waals surface area contributed by atoms with Gasteiger partial charge in [-0.05, 0) is 12.1 Å². The summed E-state index contributed by atoms with van der Waals surface area (Å²) in [5, 5.41) is 3.96. The van der Waals surface area contributed by atoms with Crippen LogP contribution in [0.2, 0.25) is 0 Å². The summed E-state index contributed by atoms with van der Waals surface area (Å²) < 4.78 is 22.0. The van der Waals surface area contributed by atoms with Crippen molar-refractivity contribution < 1.29 is 18.7 Å². The van der Waals surface area contributed by atoms with Crippen molar-refractivity contribution in [1.29, 1.82) is 0 Å². The second kappa shape index (κ2) is 6.76. The largest absolute Gasteiger partial charge is 0.493 e. The van der Waals surface area contributed by atoms with Crippen LogP contribution in [0.4, 0.5) is 0 Å². The van der Waals surface area contributed by atoms with Crippen molar-refractivity contribution in [1.82, 2.24) is 10.1 Å². The summed E-state index contributed by atoms with van der Waals surface area (Å²) in [4.78, 5) is 4.27. The molecule has 2 aromatic rings. The van der Waals surface area contributed by atoms with Gasteiger partial charge in [-0.25, -0.2) is 0 Å². The van der Waals surface area contributed by atoms with Crippen molar-refractivity contribution in [2.45, 2.75) is 25.5 Å². The van der Waals surface area contributed by atoms with Gasteiger partial charge in [0, 0.05) is 12.8 Å². The van der Waals surface area contributed by atoms with E-state index in [9.17, 15) is 0 Å². The van der Waals surface area contributed by atoms with Crippen molar-refractivity contribution in [3.8, 4) is 22.9 Å². The molecule has 0 amide bonds. The fourth-order valence-corrected chi connectivity index (χ4v) is 2.38. The molecule has 22 heavy (non-hydrogen) atoms. The number of ether oxygens (including phenoxy) is 3. The lowest BCUT2D eigenvalue weighted by Crippen LogP contribution is -2.26. The van der Waals surface area contributed by atoms with E-state index >= 15 is 0 Å². The molecule has 2 N–H and O–H groups in total. The van der Waals surface area contributed by atoms with Crippen LogP contribution in [0.1, 0.15) is 18.7 Å². The normalized spacial score (nSPS) is 15.7. The van der Waals surface area contributed by atoms with Gasteiger partial charge in [0.2, 0.25) is 11.7 Å². The molecule has 0 atom stereocenters. The highest BCUT2D eigenvalue weighted by Gasteiger charge is 2.22. The topological polar surface area (TPSA) is 92.6 Å². The average Bonchev–Trinajstić information content (AvgIpc) is 3.05.